The standard InChI is InChI=1S/C82H144N20O22/c1-28-44(8)52(40-103)88-59(110)48(33-35-55(83)106)89-68(119)77(18,19)99-69(120)78(20,21)97-62(113)50(38-42(4)5)87-64(115)54-32-31-37-102(54)73(124)80(24,25)100-72(123)82(27,30-3)98-58(109)46(10)86-65(116)75(14,15)96-63(114)51(39-43(6)7)91-67(118)76(16,17)95-61(112)49(34-36-56(84)107)90-71(122)81(26,29-2)101-70(121)79(22,23)94-57(108)45(9)85-60(111)53(41-104)92-66(117)74(12,13)93-47(11)105/h42-46,48-54,103-104H,28-41H2,1-27H3,(H2,83,106)(H2,84,107)(H,85,111)(H,86,116)(H,87,115)(H,88,110)(H,89,119)(H,90,122)(H,91,118)(H,92,117)(H,93,105)(H,94,108)(H,95,112)(H,96,114)(H,97,113)(H,98,109)(H,99,120)(H,100,123)(H,101,121). The van der Waals surface area contributed by atoms with Gasteiger partial charge in [0, 0.05) is 26.3 Å². The Hall–Kier alpha value is -10.7. The molecule has 1 fully saturated rings. The Morgan fingerprint density at radius 3 is 1.14 bits per heavy atom. The lowest BCUT2D eigenvalue weighted by Crippen LogP contribution is -2.67. The van der Waals surface area contributed by atoms with Gasteiger partial charge < -0.3 is 117 Å². The van der Waals surface area contributed by atoms with E-state index >= 15 is 0 Å². The van der Waals surface area contributed by atoms with Gasteiger partial charge in [0.1, 0.15) is 98.2 Å². The fraction of sp³-hybridized carbons (Fsp3) is 0.756. The molecule has 0 saturated carbocycles. The van der Waals surface area contributed by atoms with Gasteiger partial charge in [0.25, 0.3) is 0 Å². The summed E-state index contributed by atoms with van der Waals surface area (Å²) in [7, 11) is 0. The van der Waals surface area contributed by atoms with Crippen LogP contribution < -0.4 is 102 Å². The van der Waals surface area contributed by atoms with Crippen molar-refractivity contribution in [1.29, 1.82) is 0 Å². The molecule has 42 heteroatoms. The molecule has 124 heavy (non-hydrogen) atoms. The van der Waals surface area contributed by atoms with Gasteiger partial charge in [-0.15, -0.1) is 0 Å². The van der Waals surface area contributed by atoms with Gasteiger partial charge in [0.2, 0.25) is 118 Å². The number of amides is 20. The molecule has 1 aliphatic rings. The van der Waals surface area contributed by atoms with Gasteiger partial charge >= 0.3 is 0 Å². The van der Waals surface area contributed by atoms with Gasteiger partial charge in [-0.3, -0.25) is 95.9 Å². The lowest BCUT2D eigenvalue weighted by Gasteiger charge is -2.37. The lowest BCUT2D eigenvalue weighted by molar-refractivity contribution is -0.146. The smallest absolute Gasteiger partial charge is 0.248 e. The van der Waals surface area contributed by atoms with E-state index < -0.39 is 248 Å². The Morgan fingerprint density at radius 1 is 0.363 bits per heavy atom. The van der Waals surface area contributed by atoms with Crippen molar-refractivity contribution in [1.82, 2.24) is 95.3 Å². The first-order valence-corrected chi connectivity index (χ1v) is 42.0. The maximum Gasteiger partial charge on any atom is 0.248 e. The third-order valence-electron chi connectivity index (χ3n) is 21.5. The Labute approximate surface area is 727 Å². The second-order valence-electron chi connectivity index (χ2n) is 37.1. The molecule has 0 aliphatic carbocycles. The Morgan fingerprint density at radius 2 is 0.710 bits per heavy atom. The summed E-state index contributed by atoms with van der Waals surface area (Å²) in [5.74, 6) is -17.5. The van der Waals surface area contributed by atoms with Crippen molar-refractivity contribution in [2.75, 3.05) is 19.8 Å². The summed E-state index contributed by atoms with van der Waals surface area (Å²) in [6.45, 7) is 37.7. The summed E-state index contributed by atoms with van der Waals surface area (Å²) in [6, 6.07) is -11.7. The lowest BCUT2D eigenvalue weighted by atomic mass is 9.93. The third-order valence-corrected chi connectivity index (χ3v) is 21.5. The Bertz CT molecular complexity index is 3910. The van der Waals surface area contributed by atoms with E-state index in [0.717, 1.165) is 0 Å². The van der Waals surface area contributed by atoms with Crippen molar-refractivity contribution in [2.24, 2.45) is 29.2 Å². The molecule has 12 atom stereocenters. The second kappa shape index (κ2) is 46.3. The van der Waals surface area contributed by atoms with Crippen LogP contribution in [-0.2, 0) is 95.9 Å². The molecular weight excluding hydrogens is 1620 g/mol. The van der Waals surface area contributed by atoms with Gasteiger partial charge in [-0.2, -0.15) is 0 Å². The van der Waals surface area contributed by atoms with E-state index in [2.05, 4.69) is 90.4 Å². The number of nitrogens with zero attached hydrogens (tertiary/aromatic N) is 1. The van der Waals surface area contributed by atoms with Crippen LogP contribution in [0.2, 0.25) is 0 Å². The van der Waals surface area contributed by atoms with Crippen LogP contribution >= 0.6 is 0 Å². The number of carbonyl (C=O) groups excluding carboxylic acids is 20. The summed E-state index contributed by atoms with van der Waals surface area (Å²) < 4.78 is 0. The number of aliphatic hydroxyl groups is 2. The first-order chi connectivity index (χ1) is 56.5. The quantitative estimate of drug-likeness (QED) is 0.0280. The van der Waals surface area contributed by atoms with E-state index in [1.165, 1.54) is 143 Å². The van der Waals surface area contributed by atoms with Crippen molar-refractivity contribution in [2.45, 2.75) is 362 Å². The second-order valence-corrected chi connectivity index (χ2v) is 37.1. The molecular formula is C82H144N20O22. The molecule has 0 spiro atoms. The summed E-state index contributed by atoms with van der Waals surface area (Å²) in [5, 5.41) is 63.3. The number of hydrogen-bond donors (Lipinski definition) is 21. The fourth-order valence-electron chi connectivity index (χ4n) is 12.4. The van der Waals surface area contributed by atoms with Crippen LogP contribution in [0.15, 0.2) is 0 Å². The first kappa shape index (κ1) is 111. The minimum atomic E-state index is -1.91. The highest BCUT2D eigenvalue weighted by Crippen LogP contribution is 2.26. The summed E-state index contributed by atoms with van der Waals surface area (Å²) in [5.41, 5.74) is -5.08. The zero-order valence-electron chi connectivity index (χ0n) is 77.5. The number of primary amides is 2. The van der Waals surface area contributed by atoms with Crippen molar-refractivity contribution in [3.05, 3.63) is 0 Å². The monoisotopic (exact) mass is 1760 g/mol. The molecule has 42 nitrogen and oxygen atoms in total. The van der Waals surface area contributed by atoms with E-state index in [4.69, 9.17) is 11.5 Å². The molecule has 20 amide bonds. The Balaban J connectivity index is 3.28. The molecule has 23 N–H and O–H groups in total. The largest absolute Gasteiger partial charge is 0.394 e. The highest BCUT2D eigenvalue weighted by atomic mass is 16.3. The SMILES string of the molecule is CCC(C)C(CO)NC(=O)C(CCC(N)=O)NC(=O)C(C)(C)NC(=O)C(C)(C)NC(=O)C(CC(C)C)NC(=O)C1CCCN1C(=O)C(C)(C)NC(=O)C(C)(CC)NC(=O)C(C)NC(=O)C(C)(C)NC(=O)C(CC(C)C)NC(=O)C(C)(C)NC(=O)C(CCC(N)=O)NC(=O)C(C)(CC)NC(=O)C(C)(C)NC(=O)C(C)NC(=O)C(CO)NC(=O)C(C)(C)NC(C)=O. The minimum absolute atomic E-state index is 0.0328. The molecule has 0 aromatic heterocycles. The zero-order valence-corrected chi connectivity index (χ0v) is 77.5. The van der Waals surface area contributed by atoms with Gasteiger partial charge in [-0.1, -0.05) is 61.8 Å². The first-order valence-electron chi connectivity index (χ1n) is 42.0. The number of aliphatic hydroxyl groups excluding tert-OH is 2. The van der Waals surface area contributed by atoms with Crippen molar-refractivity contribution in [3.63, 3.8) is 0 Å². The van der Waals surface area contributed by atoms with Crippen molar-refractivity contribution >= 4 is 118 Å². The van der Waals surface area contributed by atoms with Crippen molar-refractivity contribution in [3.8, 4) is 0 Å². The van der Waals surface area contributed by atoms with Crippen LogP contribution in [0.3, 0.4) is 0 Å². The average molecular weight is 1760 g/mol. The summed E-state index contributed by atoms with van der Waals surface area (Å²) in [4.78, 5) is 274. The number of nitrogens with one attached hydrogen (secondary N) is 17. The number of nitrogens with two attached hydrogens (primary N) is 2. The normalized spacial score (nSPS) is 16.5. The maximum absolute atomic E-state index is 14.6. The van der Waals surface area contributed by atoms with E-state index in [-0.39, 0.29) is 69.2 Å². The molecule has 0 aromatic rings. The van der Waals surface area contributed by atoms with E-state index in [1.807, 2.05) is 13.8 Å². The van der Waals surface area contributed by atoms with Crippen LogP contribution in [0.1, 0.15) is 258 Å². The Kier molecular flexibility index (Phi) is 41.6. The predicted molar refractivity (Wildman–Crippen MR) is 456 cm³/mol. The van der Waals surface area contributed by atoms with Crippen LogP contribution in [0.4, 0.5) is 0 Å². The predicted octanol–water partition coefficient (Wildman–Crippen LogP) is -3.60. The molecule has 1 heterocycles. The van der Waals surface area contributed by atoms with Crippen LogP contribution in [0, 0.1) is 17.8 Å². The number of carbonyl (C=O) groups is 20. The third kappa shape index (κ3) is 33.8. The maximum atomic E-state index is 14.6. The average Bonchev–Trinajstić information content (AvgIpc) is 1.40. The van der Waals surface area contributed by atoms with Crippen LogP contribution in [0.25, 0.3) is 0 Å². The molecule has 0 radical (unpaired) electrons. The molecule has 1 aliphatic heterocycles. The van der Waals surface area contributed by atoms with Gasteiger partial charge in [-0.25, -0.2) is 0 Å². The van der Waals surface area contributed by atoms with Gasteiger partial charge in [0.05, 0.1) is 19.3 Å². The minimum Gasteiger partial charge on any atom is -0.394 e. The highest BCUT2D eigenvalue weighted by molar-refractivity contribution is 6.04. The topological polar surface area (TPSA) is 642 Å². The van der Waals surface area contributed by atoms with Crippen molar-refractivity contribution < 1.29 is 106 Å². The summed E-state index contributed by atoms with van der Waals surface area (Å²) >= 11 is 0. The van der Waals surface area contributed by atoms with E-state index in [1.54, 1.807) is 34.6 Å². The number of rotatable bonds is 50. The van der Waals surface area contributed by atoms with E-state index in [9.17, 15) is 106 Å². The van der Waals surface area contributed by atoms with Gasteiger partial charge in [-0.05, 0) is 194 Å². The zero-order chi connectivity index (χ0) is 96.5. The molecule has 12 unspecified atom stereocenters. The fourth-order valence-corrected chi connectivity index (χ4v) is 12.4. The van der Waals surface area contributed by atoms with E-state index in [0.29, 0.717) is 12.8 Å². The highest BCUT2D eigenvalue weighted by Gasteiger charge is 2.49. The van der Waals surface area contributed by atoms with Crippen LogP contribution in [0.5, 0.6) is 0 Å². The van der Waals surface area contributed by atoms with Gasteiger partial charge in [0.15, 0.2) is 0 Å². The van der Waals surface area contributed by atoms with Crippen LogP contribution in [-0.4, -0.2) is 257 Å². The molecule has 704 valence electrons. The molecule has 1 saturated heterocycles. The summed E-state index contributed by atoms with van der Waals surface area (Å²) in [6.07, 6.45) is -0.461. The number of likely N-dealkylation sites (tertiary alicyclic amines) is 1. The number of hydrogen-bond acceptors (Lipinski definition) is 22. The molecule has 1 rings (SSSR count). The molecule has 0 aromatic carbocycles. The molecule has 0 bridgehead atoms.